The zero-order valence-corrected chi connectivity index (χ0v) is 15.3. The molecule has 3 rings (SSSR count). The minimum absolute atomic E-state index is 0.161. The molecule has 0 amide bonds. The van der Waals surface area contributed by atoms with Crippen molar-refractivity contribution < 1.29 is 8.42 Å². The minimum atomic E-state index is -3.60. The first-order valence-corrected chi connectivity index (χ1v) is 9.72. The second-order valence-electron chi connectivity index (χ2n) is 5.75. The van der Waals surface area contributed by atoms with Crippen LogP contribution in [0.2, 0.25) is 5.02 Å². The zero-order valence-electron chi connectivity index (χ0n) is 13.7. The lowest BCUT2D eigenvalue weighted by atomic mass is 10.1. The van der Waals surface area contributed by atoms with E-state index in [0.29, 0.717) is 5.02 Å². The molecule has 0 bridgehead atoms. The Balaban J connectivity index is 1.78. The van der Waals surface area contributed by atoms with Gasteiger partial charge >= 0.3 is 0 Å². The molecule has 0 fully saturated rings. The van der Waals surface area contributed by atoms with E-state index in [0.717, 1.165) is 22.3 Å². The van der Waals surface area contributed by atoms with Crippen molar-refractivity contribution in [2.45, 2.75) is 18.4 Å². The topological polar surface area (TPSA) is 46.2 Å². The number of halogens is 1. The monoisotopic (exact) mass is 371 g/mol. The fraction of sp³-hybridized carbons (Fsp3) is 0.100. The fourth-order valence-corrected chi connectivity index (χ4v) is 3.88. The Kier molecular flexibility index (Phi) is 5.23. The molecule has 0 aliphatic rings. The molecule has 0 saturated heterocycles. The van der Waals surface area contributed by atoms with Gasteiger partial charge in [0, 0.05) is 11.6 Å². The maximum atomic E-state index is 12.5. The number of rotatable bonds is 5. The molecule has 0 radical (unpaired) electrons. The summed E-state index contributed by atoms with van der Waals surface area (Å²) < 4.78 is 27.7. The number of hydrogen-bond acceptors (Lipinski definition) is 2. The smallest absolute Gasteiger partial charge is 0.207 e. The maximum absolute atomic E-state index is 12.5. The second kappa shape index (κ2) is 7.40. The molecule has 5 heteroatoms. The van der Waals surface area contributed by atoms with Crippen LogP contribution in [0.3, 0.4) is 0 Å². The van der Waals surface area contributed by atoms with Gasteiger partial charge in [0.15, 0.2) is 0 Å². The quantitative estimate of drug-likeness (QED) is 0.700. The first-order chi connectivity index (χ1) is 12.0. The molecular formula is C20H18ClNO2S. The Hall–Kier alpha value is -2.14. The van der Waals surface area contributed by atoms with Crippen LogP contribution >= 0.6 is 11.6 Å². The maximum Gasteiger partial charge on any atom is 0.240 e. The number of aryl methyl sites for hydroxylation is 1. The van der Waals surface area contributed by atoms with Gasteiger partial charge in [0.1, 0.15) is 0 Å². The zero-order chi connectivity index (χ0) is 17.9. The van der Waals surface area contributed by atoms with Crippen LogP contribution in [0.25, 0.3) is 11.1 Å². The average molecular weight is 372 g/mol. The Morgan fingerprint density at radius 2 is 1.48 bits per heavy atom. The van der Waals surface area contributed by atoms with E-state index in [4.69, 9.17) is 11.6 Å². The number of sulfonamides is 1. The number of nitrogens with one attached hydrogen (secondary N) is 1. The van der Waals surface area contributed by atoms with Crippen molar-refractivity contribution in [2.24, 2.45) is 0 Å². The summed E-state index contributed by atoms with van der Waals surface area (Å²) in [5, 5.41) is 0.558. The molecule has 3 aromatic carbocycles. The molecule has 1 N–H and O–H groups in total. The van der Waals surface area contributed by atoms with E-state index >= 15 is 0 Å². The van der Waals surface area contributed by atoms with Crippen molar-refractivity contribution in [2.75, 3.05) is 0 Å². The first kappa shape index (κ1) is 17.7. The third-order valence-corrected chi connectivity index (χ3v) is 5.84. The van der Waals surface area contributed by atoms with Crippen LogP contribution in [0.5, 0.6) is 0 Å². The molecule has 0 unspecified atom stereocenters. The van der Waals surface area contributed by atoms with E-state index in [2.05, 4.69) is 4.72 Å². The van der Waals surface area contributed by atoms with Crippen molar-refractivity contribution in [1.29, 1.82) is 0 Å². The van der Waals surface area contributed by atoms with Gasteiger partial charge in [0.05, 0.1) is 4.90 Å². The van der Waals surface area contributed by atoms with Crippen LogP contribution in [0, 0.1) is 6.92 Å². The van der Waals surface area contributed by atoms with E-state index in [1.807, 2.05) is 61.5 Å². The van der Waals surface area contributed by atoms with Crippen molar-refractivity contribution in [3.05, 3.63) is 88.9 Å². The highest BCUT2D eigenvalue weighted by molar-refractivity contribution is 7.89. The van der Waals surface area contributed by atoms with Crippen molar-refractivity contribution in [1.82, 2.24) is 4.72 Å². The van der Waals surface area contributed by atoms with Crippen LogP contribution in [-0.4, -0.2) is 8.42 Å². The molecule has 128 valence electrons. The van der Waals surface area contributed by atoms with Crippen LogP contribution in [0.4, 0.5) is 0 Å². The SMILES string of the molecule is Cc1cccc(Cl)c1CNS(=O)(=O)c1ccc(-c2ccccc2)cc1. The van der Waals surface area contributed by atoms with E-state index in [1.54, 1.807) is 18.2 Å². The van der Waals surface area contributed by atoms with Crippen LogP contribution in [0.1, 0.15) is 11.1 Å². The van der Waals surface area contributed by atoms with Gasteiger partial charge in [-0.25, -0.2) is 13.1 Å². The van der Waals surface area contributed by atoms with Gasteiger partial charge in [-0.15, -0.1) is 0 Å². The third-order valence-electron chi connectivity index (χ3n) is 4.06. The van der Waals surface area contributed by atoms with Crippen molar-refractivity contribution in [3.63, 3.8) is 0 Å². The van der Waals surface area contributed by atoms with Crippen LogP contribution in [0.15, 0.2) is 77.7 Å². The van der Waals surface area contributed by atoms with Gasteiger partial charge in [0.25, 0.3) is 0 Å². The summed E-state index contributed by atoms with van der Waals surface area (Å²) >= 11 is 6.16. The molecule has 0 saturated carbocycles. The number of benzene rings is 3. The van der Waals surface area contributed by atoms with Crippen molar-refractivity contribution >= 4 is 21.6 Å². The summed E-state index contributed by atoms with van der Waals surface area (Å²) in [4.78, 5) is 0.233. The van der Waals surface area contributed by atoms with Gasteiger partial charge in [-0.2, -0.15) is 0 Å². The molecular weight excluding hydrogens is 354 g/mol. The van der Waals surface area contributed by atoms with Crippen LogP contribution < -0.4 is 4.72 Å². The summed E-state index contributed by atoms with van der Waals surface area (Å²) in [6, 6.07) is 22.2. The first-order valence-electron chi connectivity index (χ1n) is 7.86. The highest BCUT2D eigenvalue weighted by Crippen LogP contribution is 2.22. The summed E-state index contributed by atoms with van der Waals surface area (Å²) in [6.45, 7) is 2.07. The highest BCUT2D eigenvalue weighted by atomic mass is 35.5. The molecule has 3 nitrogen and oxygen atoms in total. The predicted molar refractivity (Wildman–Crippen MR) is 102 cm³/mol. The lowest BCUT2D eigenvalue weighted by molar-refractivity contribution is 0.581. The van der Waals surface area contributed by atoms with Crippen LogP contribution in [-0.2, 0) is 16.6 Å². The standard InChI is InChI=1S/C20H18ClNO2S/c1-15-6-5-9-20(21)19(15)14-22-25(23,24)18-12-10-17(11-13-18)16-7-3-2-4-8-16/h2-13,22H,14H2,1H3. The highest BCUT2D eigenvalue weighted by Gasteiger charge is 2.15. The van der Waals surface area contributed by atoms with Gasteiger partial charge in [-0.3, -0.25) is 0 Å². The largest absolute Gasteiger partial charge is 0.240 e. The summed E-state index contributed by atoms with van der Waals surface area (Å²) in [5.74, 6) is 0. The van der Waals surface area contributed by atoms with E-state index < -0.39 is 10.0 Å². The molecule has 0 spiro atoms. The molecule has 0 aliphatic carbocycles. The fourth-order valence-electron chi connectivity index (χ4n) is 2.60. The molecule has 0 heterocycles. The lowest BCUT2D eigenvalue weighted by Gasteiger charge is -2.11. The second-order valence-corrected chi connectivity index (χ2v) is 7.92. The van der Waals surface area contributed by atoms with Gasteiger partial charge < -0.3 is 0 Å². The Morgan fingerprint density at radius 1 is 0.840 bits per heavy atom. The average Bonchev–Trinajstić information content (AvgIpc) is 2.62. The molecule has 0 aliphatic heterocycles. The Bertz CT molecular complexity index is 948. The minimum Gasteiger partial charge on any atom is -0.207 e. The molecule has 3 aromatic rings. The Morgan fingerprint density at radius 3 is 2.12 bits per heavy atom. The van der Waals surface area contributed by atoms with Gasteiger partial charge in [-0.05, 0) is 47.4 Å². The number of hydrogen-bond donors (Lipinski definition) is 1. The third kappa shape index (κ3) is 4.10. The van der Waals surface area contributed by atoms with Gasteiger partial charge in [0.2, 0.25) is 10.0 Å². The Labute approximate surface area is 153 Å². The van der Waals surface area contributed by atoms with Crippen molar-refractivity contribution in [3.8, 4) is 11.1 Å². The molecule has 25 heavy (non-hydrogen) atoms. The van der Waals surface area contributed by atoms with E-state index in [9.17, 15) is 8.42 Å². The lowest BCUT2D eigenvalue weighted by Crippen LogP contribution is -2.23. The van der Waals surface area contributed by atoms with E-state index in [1.165, 1.54) is 0 Å². The predicted octanol–water partition coefficient (Wildman–Crippen LogP) is 4.79. The molecule has 0 atom stereocenters. The van der Waals surface area contributed by atoms with Gasteiger partial charge in [-0.1, -0.05) is 66.2 Å². The normalized spacial score (nSPS) is 11.4. The van der Waals surface area contributed by atoms with E-state index in [-0.39, 0.29) is 11.4 Å². The molecule has 0 aromatic heterocycles. The summed E-state index contributed by atoms with van der Waals surface area (Å²) in [5.41, 5.74) is 3.76. The summed E-state index contributed by atoms with van der Waals surface area (Å²) in [7, 11) is -3.60. The summed E-state index contributed by atoms with van der Waals surface area (Å²) in [6.07, 6.45) is 0.